The van der Waals surface area contributed by atoms with Crippen LogP contribution in [0.4, 0.5) is 18.0 Å². The van der Waals surface area contributed by atoms with E-state index in [2.05, 4.69) is 5.32 Å². The molecule has 0 aromatic heterocycles. The van der Waals surface area contributed by atoms with Gasteiger partial charge in [0.2, 0.25) is 0 Å². The van der Waals surface area contributed by atoms with E-state index in [9.17, 15) is 22.8 Å². The van der Waals surface area contributed by atoms with E-state index in [4.69, 9.17) is 9.47 Å². The van der Waals surface area contributed by atoms with E-state index in [0.29, 0.717) is 0 Å². The molecule has 4 rings (SSSR count). The molecule has 1 N–H and O–H groups in total. The predicted octanol–water partition coefficient (Wildman–Crippen LogP) is 6.50. The van der Waals surface area contributed by atoms with E-state index in [1.54, 1.807) is 20.8 Å². The smallest absolute Gasteiger partial charge is 0.416 e. The first-order chi connectivity index (χ1) is 17.4. The summed E-state index contributed by atoms with van der Waals surface area (Å²) in [5.74, 6) is -1.05. The number of fused-ring (bicyclic) bond motifs is 3. The zero-order chi connectivity index (χ0) is 26.8. The minimum absolute atomic E-state index is 0.0000363. The summed E-state index contributed by atoms with van der Waals surface area (Å²) in [7, 11) is 0. The number of esters is 1. The lowest BCUT2D eigenvalue weighted by molar-refractivity contribution is -0.157. The van der Waals surface area contributed by atoms with Gasteiger partial charge in [-0.2, -0.15) is 13.2 Å². The van der Waals surface area contributed by atoms with Crippen LogP contribution in [0.25, 0.3) is 11.1 Å². The van der Waals surface area contributed by atoms with Gasteiger partial charge in [-0.25, -0.2) is 9.59 Å². The summed E-state index contributed by atoms with van der Waals surface area (Å²) in [6.07, 6.45) is -5.93. The number of hydrogen-bond donors (Lipinski definition) is 1. The van der Waals surface area contributed by atoms with Gasteiger partial charge in [0.15, 0.2) is 0 Å². The summed E-state index contributed by atoms with van der Waals surface area (Å²) in [4.78, 5) is 25.7. The van der Waals surface area contributed by atoms with E-state index < -0.39 is 41.9 Å². The number of ether oxygens (including phenoxy) is 2. The maximum Gasteiger partial charge on any atom is 0.416 e. The Bertz CT molecular complexity index is 1250. The highest BCUT2D eigenvalue weighted by molar-refractivity contribution is 5.82. The van der Waals surface area contributed by atoms with Gasteiger partial charge in [-0.3, -0.25) is 0 Å². The predicted molar refractivity (Wildman–Crippen MR) is 133 cm³/mol. The molecule has 0 saturated heterocycles. The Morgan fingerprint density at radius 2 is 1.41 bits per heavy atom. The first-order valence-corrected chi connectivity index (χ1v) is 11.9. The standard InChI is InChI=1S/C29H28F3NO4/c1-28(2,3)37-26(34)25(16-18-10-4-9-15-24(18)29(30,31)32)33-27(35)36-17-23-21-13-7-5-11-19(21)20-12-6-8-14-22(20)23/h4-15,23,25H,16-17H2,1-3H3,(H,33,35). The molecular formula is C29H28F3NO4. The van der Waals surface area contributed by atoms with E-state index in [0.717, 1.165) is 28.3 Å². The maximum absolute atomic E-state index is 13.5. The van der Waals surface area contributed by atoms with Gasteiger partial charge in [0.05, 0.1) is 5.56 Å². The van der Waals surface area contributed by atoms with Crippen LogP contribution in [0.1, 0.15) is 48.9 Å². The van der Waals surface area contributed by atoms with E-state index in [1.165, 1.54) is 18.2 Å². The van der Waals surface area contributed by atoms with Crippen LogP contribution in [-0.4, -0.2) is 30.3 Å². The molecule has 5 nitrogen and oxygen atoms in total. The Hall–Kier alpha value is -3.81. The Morgan fingerprint density at radius 1 is 0.865 bits per heavy atom. The molecule has 1 atom stereocenters. The average molecular weight is 512 g/mol. The van der Waals surface area contributed by atoms with Crippen molar-refractivity contribution in [3.05, 3.63) is 95.1 Å². The monoisotopic (exact) mass is 511 g/mol. The first kappa shape index (κ1) is 26.3. The fourth-order valence-electron chi connectivity index (χ4n) is 4.54. The van der Waals surface area contributed by atoms with Gasteiger partial charge in [-0.15, -0.1) is 0 Å². The maximum atomic E-state index is 13.5. The molecule has 3 aromatic carbocycles. The molecule has 1 unspecified atom stereocenters. The SMILES string of the molecule is CC(C)(C)OC(=O)C(Cc1ccccc1C(F)(F)F)NC(=O)OCC1c2ccccc2-c2ccccc21. The molecule has 37 heavy (non-hydrogen) atoms. The number of amides is 1. The van der Waals surface area contributed by atoms with Crippen molar-refractivity contribution < 1.29 is 32.2 Å². The van der Waals surface area contributed by atoms with Crippen molar-refractivity contribution in [2.75, 3.05) is 6.61 Å². The molecule has 0 radical (unpaired) electrons. The fourth-order valence-corrected chi connectivity index (χ4v) is 4.54. The molecule has 8 heteroatoms. The van der Waals surface area contributed by atoms with Crippen LogP contribution in [0.5, 0.6) is 0 Å². The van der Waals surface area contributed by atoms with Gasteiger partial charge >= 0.3 is 18.2 Å². The van der Waals surface area contributed by atoms with Crippen LogP contribution >= 0.6 is 0 Å². The van der Waals surface area contributed by atoms with E-state index >= 15 is 0 Å². The minimum Gasteiger partial charge on any atom is -0.458 e. The molecule has 194 valence electrons. The largest absolute Gasteiger partial charge is 0.458 e. The van der Waals surface area contributed by atoms with Crippen molar-refractivity contribution >= 4 is 12.1 Å². The van der Waals surface area contributed by atoms with Crippen LogP contribution in [0.3, 0.4) is 0 Å². The highest BCUT2D eigenvalue weighted by Crippen LogP contribution is 2.44. The summed E-state index contributed by atoms with van der Waals surface area (Å²) in [6.45, 7) is 4.91. The molecule has 1 aliphatic carbocycles. The molecule has 1 amide bonds. The lowest BCUT2D eigenvalue weighted by Crippen LogP contribution is -2.46. The van der Waals surface area contributed by atoms with Crippen molar-refractivity contribution in [2.45, 2.75) is 50.9 Å². The van der Waals surface area contributed by atoms with Gasteiger partial charge in [-0.05, 0) is 54.7 Å². The number of halogens is 3. The second kappa shape index (κ2) is 10.3. The normalized spacial score (nSPS) is 13.9. The zero-order valence-electron chi connectivity index (χ0n) is 20.8. The highest BCUT2D eigenvalue weighted by Gasteiger charge is 2.36. The molecule has 0 saturated carbocycles. The highest BCUT2D eigenvalue weighted by atomic mass is 19.4. The van der Waals surface area contributed by atoms with Gasteiger partial charge in [-0.1, -0.05) is 66.7 Å². The van der Waals surface area contributed by atoms with Crippen LogP contribution in [-0.2, 0) is 26.9 Å². The Labute approximate surface area is 213 Å². The summed E-state index contributed by atoms with van der Waals surface area (Å²) in [5.41, 5.74) is 2.23. The number of benzene rings is 3. The summed E-state index contributed by atoms with van der Waals surface area (Å²) in [5, 5.41) is 2.44. The van der Waals surface area contributed by atoms with Crippen LogP contribution < -0.4 is 5.32 Å². The Kier molecular flexibility index (Phi) is 7.30. The summed E-state index contributed by atoms with van der Waals surface area (Å²) in [6, 6.07) is 19.2. The number of alkyl carbamates (subject to hydrolysis) is 1. The van der Waals surface area contributed by atoms with Crippen molar-refractivity contribution in [3.8, 4) is 11.1 Å². The van der Waals surface area contributed by atoms with Crippen molar-refractivity contribution in [1.29, 1.82) is 0 Å². The van der Waals surface area contributed by atoms with Crippen molar-refractivity contribution in [2.24, 2.45) is 0 Å². The molecule has 1 aliphatic rings. The molecule has 3 aromatic rings. The van der Waals surface area contributed by atoms with Crippen molar-refractivity contribution in [1.82, 2.24) is 5.32 Å². The molecule has 0 bridgehead atoms. The van der Waals surface area contributed by atoms with Crippen LogP contribution in [0, 0.1) is 0 Å². The average Bonchev–Trinajstić information content (AvgIpc) is 3.15. The van der Waals surface area contributed by atoms with Crippen LogP contribution in [0.2, 0.25) is 0 Å². The third-order valence-corrected chi connectivity index (χ3v) is 6.07. The van der Waals surface area contributed by atoms with Gasteiger partial charge < -0.3 is 14.8 Å². The van der Waals surface area contributed by atoms with Gasteiger partial charge in [0.25, 0.3) is 0 Å². The molecule has 0 aliphatic heterocycles. The number of nitrogens with one attached hydrogen (secondary N) is 1. The topological polar surface area (TPSA) is 64.6 Å². The van der Waals surface area contributed by atoms with E-state index in [1.807, 2.05) is 48.5 Å². The molecule has 0 spiro atoms. The van der Waals surface area contributed by atoms with Gasteiger partial charge in [0.1, 0.15) is 18.2 Å². The van der Waals surface area contributed by atoms with Gasteiger partial charge in [0, 0.05) is 12.3 Å². The lowest BCUT2D eigenvalue weighted by Gasteiger charge is -2.25. The summed E-state index contributed by atoms with van der Waals surface area (Å²) < 4.78 is 51.5. The second-order valence-electron chi connectivity index (χ2n) is 9.91. The Morgan fingerprint density at radius 3 is 1.97 bits per heavy atom. The number of hydrogen-bond acceptors (Lipinski definition) is 4. The number of rotatable bonds is 6. The number of alkyl halides is 3. The lowest BCUT2D eigenvalue weighted by atomic mass is 9.98. The third-order valence-electron chi connectivity index (χ3n) is 6.07. The second-order valence-corrected chi connectivity index (χ2v) is 9.91. The quantitative estimate of drug-likeness (QED) is 0.384. The third kappa shape index (κ3) is 6.13. The molecule has 0 heterocycles. The molecular weight excluding hydrogens is 483 g/mol. The van der Waals surface area contributed by atoms with Crippen LogP contribution in [0.15, 0.2) is 72.8 Å². The summed E-state index contributed by atoms with van der Waals surface area (Å²) >= 11 is 0. The van der Waals surface area contributed by atoms with E-state index in [-0.39, 0.29) is 18.1 Å². The number of carbonyl (C=O) groups excluding carboxylic acids is 2. The molecule has 0 fully saturated rings. The zero-order valence-corrected chi connectivity index (χ0v) is 20.8. The fraction of sp³-hybridized carbons (Fsp3) is 0.310. The van der Waals surface area contributed by atoms with Crippen molar-refractivity contribution in [3.63, 3.8) is 0 Å². The minimum atomic E-state index is -4.61. The Balaban J connectivity index is 1.52. The number of carbonyl (C=O) groups is 2. The first-order valence-electron chi connectivity index (χ1n) is 11.9.